The fourth-order valence-electron chi connectivity index (χ4n) is 2.63. The molecule has 0 heterocycles. The monoisotopic (exact) mass is 362 g/mol. The highest BCUT2D eigenvalue weighted by atomic mass is 16.5. The van der Waals surface area contributed by atoms with Crippen molar-refractivity contribution >= 4 is 28.7 Å². The van der Waals surface area contributed by atoms with Gasteiger partial charge in [0.1, 0.15) is 0 Å². The zero-order valence-electron chi connectivity index (χ0n) is 14.6. The van der Waals surface area contributed by atoms with E-state index >= 15 is 0 Å². The molecular formula is C21H18N2O4. The number of hydrogen-bond donors (Lipinski definition) is 2. The van der Waals surface area contributed by atoms with Crippen LogP contribution in [0.2, 0.25) is 0 Å². The number of nitrogens with one attached hydrogen (secondary N) is 2. The number of amides is 3. The molecule has 0 bridgehead atoms. The van der Waals surface area contributed by atoms with Crippen LogP contribution in [0, 0.1) is 0 Å². The number of carbonyl (C=O) groups excluding carboxylic acids is 3. The molecule has 0 radical (unpaired) electrons. The topological polar surface area (TPSA) is 84.5 Å². The van der Waals surface area contributed by atoms with Crippen LogP contribution >= 0.6 is 0 Å². The average molecular weight is 362 g/mol. The number of ether oxygens (including phenoxy) is 1. The van der Waals surface area contributed by atoms with E-state index in [0.29, 0.717) is 11.1 Å². The molecular weight excluding hydrogens is 344 g/mol. The average Bonchev–Trinajstić information content (AvgIpc) is 2.71. The Labute approximate surface area is 156 Å². The maximum Gasteiger partial charge on any atom is 0.339 e. The van der Waals surface area contributed by atoms with Gasteiger partial charge in [-0.05, 0) is 22.9 Å². The third-order valence-corrected chi connectivity index (χ3v) is 4.01. The molecule has 6 nitrogen and oxygen atoms in total. The Hall–Kier alpha value is -3.67. The third-order valence-electron chi connectivity index (χ3n) is 4.01. The Bertz CT molecular complexity index is 986. The maximum absolute atomic E-state index is 12.6. The number of fused-ring (bicyclic) bond motifs is 1. The number of esters is 1. The van der Waals surface area contributed by atoms with E-state index in [9.17, 15) is 14.4 Å². The first-order valence-corrected chi connectivity index (χ1v) is 8.36. The van der Waals surface area contributed by atoms with Crippen LogP contribution in [0.3, 0.4) is 0 Å². The van der Waals surface area contributed by atoms with Gasteiger partial charge in [0, 0.05) is 12.6 Å². The highest BCUT2D eigenvalue weighted by Gasteiger charge is 2.27. The van der Waals surface area contributed by atoms with Crippen LogP contribution in [0.15, 0.2) is 72.8 Å². The summed E-state index contributed by atoms with van der Waals surface area (Å²) in [6, 6.07) is 20.6. The van der Waals surface area contributed by atoms with Crippen molar-refractivity contribution in [3.63, 3.8) is 0 Å². The molecule has 6 heteroatoms. The van der Waals surface area contributed by atoms with Crippen molar-refractivity contribution < 1.29 is 19.1 Å². The fraction of sp³-hybridized carbons (Fsp3) is 0.0952. The molecule has 0 saturated carbocycles. The van der Waals surface area contributed by atoms with E-state index in [1.54, 1.807) is 42.5 Å². The fourth-order valence-corrected chi connectivity index (χ4v) is 2.63. The Kier molecular flexibility index (Phi) is 5.47. The molecule has 0 spiro atoms. The van der Waals surface area contributed by atoms with Crippen LogP contribution in [-0.2, 0) is 9.53 Å². The van der Waals surface area contributed by atoms with E-state index in [2.05, 4.69) is 10.6 Å². The summed E-state index contributed by atoms with van der Waals surface area (Å²) in [5.41, 5.74) is 0.787. The van der Waals surface area contributed by atoms with Gasteiger partial charge in [-0.1, -0.05) is 60.7 Å². The van der Waals surface area contributed by atoms with Crippen LogP contribution in [0.25, 0.3) is 10.8 Å². The summed E-state index contributed by atoms with van der Waals surface area (Å²) in [4.78, 5) is 36.5. The molecule has 0 aromatic heterocycles. The Morgan fingerprint density at radius 1 is 0.852 bits per heavy atom. The van der Waals surface area contributed by atoms with E-state index < -0.39 is 24.0 Å². The molecule has 3 amide bonds. The van der Waals surface area contributed by atoms with E-state index in [0.717, 1.165) is 10.8 Å². The van der Waals surface area contributed by atoms with Gasteiger partial charge in [-0.3, -0.25) is 10.1 Å². The van der Waals surface area contributed by atoms with Crippen LogP contribution in [0.1, 0.15) is 22.0 Å². The molecule has 1 atom stereocenters. The SMILES string of the molecule is CNC(=O)NC(=O)[C@H](OC(=O)c1ccc2ccccc2c1)c1ccccc1. The molecule has 0 fully saturated rings. The van der Waals surface area contributed by atoms with Gasteiger partial charge in [0.25, 0.3) is 5.91 Å². The van der Waals surface area contributed by atoms with Gasteiger partial charge in [0.05, 0.1) is 5.56 Å². The lowest BCUT2D eigenvalue weighted by Gasteiger charge is -2.17. The van der Waals surface area contributed by atoms with Crippen LogP contribution in [-0.4, -0.2) is 25.0 Å². The normalized spacial score (nSPS) is 11.4. The van der Waals surface area contributed by atoms with Crippen molar-refractivity contribution in [2.24, 2.45) is 0 Å². The third kappa shape index (κ3) is 4.30. The molecule has 0 unspecified atom stereocenters. The molecule has 136 valence electrons. The molecule has 27 heavy (non-hydrogen) atoms. The van der Waals surface area contributed by atoms with Crippen molar-refractivity contribution in [1.82, 2.24) is 10.6 Å². The van der Waals surface area contributed by atoms with Crippen LogP contribution < -0.4 is 10.6 Å². The van der Waals surface area contributed by atoms with Gasteiger partial charge < -0.3 is 10.1 Å². The van der Waals surface area contributed by atoms with E-state index in [4.69, 9.17) is 4.74 Å². The van der Waals surface area contributed by atoms with Crippen molar-refractivity contribution in [2.75, 3.05) is 7.05 Å². The first kappa shape index (κ1) is 18.1. The zero-order chi connectivity index (χ0) is 19.2. The molecule has 0 aliphatic heterocycles. The molecule has 2 N–H and O–H groups in total. The summed E-state index contributed by atoms with van der Waals surface area (Å²) in [6.45, 7) is 0. The summed E-state index contributed by atoms with van der Waals surface area (Å²) in [5.74, 6) is -1.38. The number of imide groups is 1. The second kappa shape index (κ2) is 8.14. The van der Waals surface area contributed by atoms with E-state index in [1.165, 1.54) is 7.05 Å². The van der Waals surface area contributed by atoms with Crippen molar-refractivity contribution in [3.8, 4) is 0 Å². The Balaban J connectivity index is 1.86. The molecule has 0 aliphatic carbocycles. The predicted octanol–water partition coefficient (Wildman–Crippen LogP) is 3.19. The molecule has 3 aromatic carbocycles. The number of hydrogen-bond acceptors (Lipinski definition) is 4. The second-order valence-electron chi connectivity index (χ2n) is 5.83. The first-order valence-electron chi connectivity index (χ1n) is 8.36. The van der Waals surface area contributed by atoms with Gasteiger partial charge in [-0.25, -0.2) is 9.59 Å². The number of urea groups is 1. The largest absolute Gasteiger partial charge is 0.444 e. The summed E-state index contributed by atoms with van der Waals surface area (Å²) in [7, 11) is 1.39. The predicted molar refractivity (Wildman–Crippen MR) is 101 cm³/mol. The summed E-state index contributed by atoms with van der Waals surface area (Å²) in [5, 5.41) is 6.32. The van der Waals surface area contributed by atoms with Gasteiger partial charge in [0.15, 0.2) is 0 Å². The maximum atomic E-state index is 12.6. The Morgan fingerprint density at radius 2 is 1.52 bits per heavy atom. The summed E-state index contributed by atoms with van der Waals surface area (Å²) in [6.07, 6.45) is -1.25. The Morgan fingerprint density at radius 3 is 2.22 bits per heavy atom. The smallest absolute Gasteiger partial charge is 0.339 e. The standard InChI is InChI=1S/C21H18N2O4/c1-22-21(26)23-19(24)18(15-8-3-2-4-9-15)27-20(25)17-12-11-14-7-5-6-10-16(14)13-17/h2-13,18H,1H3,(H2,22,23,24,26)/t18-/m1/s1. The quantitative estimate of drug-likeness (QED) is 0.698. The van der Waals surface area contributed by atoms with E-state index in [-0.39, 0.29) is 0 Å². The van der Waals surface area contributed by atoms with Crippen LogP contribution in [0.4, 0.5) is 4.79 Å². The van der Waals surface area contributed by atoms with Crippen molar-refractivity contribution in [3.05, 3.63) is 83.9 Å². The van der Waals surface area contributed by atoms with E-state index in [1.807, 2.05) is 30.3 Å². The van der Waals surface area contributed by atoms with Gasteiger partial charge in [-0.15, -0.1) is 0 Å². The molecule has 3 aromatic rings. The number of benzene rings is 3. The first-order chi connectivity index (χ1) is 13.1. The molecule has 0 aliphatic rings. The minimum absolute atomic E-state index is 0.322. The second-order valence-corrected chi connectivity index (χ2v) is 5.83. The van der Waals surface area contributed by atoms with Gasteiger partial charge >= 0.3 is 12.0 Å². The minimum Gasteiger partial charge on any atom is -0.444 e. The summed E-state index contributed by atoms with van der Waals surface area (Å²) >= 11 is 0. The number of rotatable bonds is 4. The zero-order valence-corrected chi connectivity index (χ0v) is 14.6. The van der Waals surface area contributed by atoms with Crippen molar-refractivity contribution in [2.45, 2.75) is 6.10 Å². The minimum atomic E-state index is -1.25. The lowest BCUT2D eigenvalue weighted by Crippen LogP contribution is -2.41. The lowest BCUT2D eigenvalue weighted by atomic mass is 10.1. The van der Waals surface area contributed by atoms with Crippen LogP contribution in [0.5, 0.6) is 0 Å². The highest BCUT2D eigenvalue weighted by molar-refractivity contribution is 6.00. The number of carbonyl (C=O) groups is 3. The lowest BCUT2D eigenvalue weighted by molar-refractivity contribution is -0.129. The van der Waals surface area contributed by atoms with Gasteiger partial charge in [-0.2, -0.15) is 0 Å². The van der Waals surface area contributed by atoms with Gasteiger partial charge in [0.2, 0.25) is 6.10 Å². The molecule has 3 rings (SSSR count). The highest BCUT2D eigenvalue weighted by Crippen LogP contribution is 2.22. The van der Waals surface area contributed by atoms with Crippen molar-refractivity contribution in [1.29, 1.82) is 0 Å². The summed E-state index contributed by atoms with van der Waals surface area (Å²) < 4.78 is 5.45. The molecule has 0 saturated heterocycles.